The maximum Gasteiger partial charge on any atom is 0.220 e. The second-order valence-electron chi connectivity index (χ2n) is 5.57. The number of nitrogens with one attached hydrogen (secondary N) is 1. The largest absolute Gasteiger partial charge is 0.353 e. The van der Waals surface area contributed by atoms with Crippen LogP contribution in [0.15, 0.2) is 0 Å². The highest BCUT2D eigenvalue weighted by Gasteiger charge is 2.21. The lowest BCUT2D eigenvalue weighted by atomic mass is 9.84. The molecule has 0 aromatic rings. The molecule has 0 spiro atoms. The summed E-state index contributed by atoms with van der Waals surface area (Å²) in [4.78, 5) is 11.7. The fourth-order valence-electron chi connectivity index (χ4n) is 2.68. The van der Waals surface area contributed by atoms with Gasteiger partial charge in [0, 0.05) is 18.5 Å². The van der Waals surface area contributed by atoms with E-state index in [0.717, 1.165) is 25.2 Å². The van der Waals surface area contributed by atoms with Crippen LogP contribution in [0.2, 0.25) is 0 Å². The highest BCUT2D eigenvalue weighted by Crippen LogP contribution is 2.26. The van der Waals surface area contributed by atoms with Gasteiger partial charge in [0.2, 0.25) is 5.91 Å². The molecule has 3 atom stereocenters. The molecule has 3 N–H and O–H groups in total. The maximum atomic E-state index is 11.7. The number of hydrogen-bond donors (Lipinski definition) is 2. The van der Waals surface area contributed by atoms with Gasteiger partial charge in [0.15, 0.2) is 0 Å². The van der Waals surface area contributed by atoms with Gasteiger partial charge in [0.1, 0.15) is 0 Å². The molecule has 1 amide bonds. The van der Waals surface area contributed by atoms with Crippen molar-refractivity contribution in [2.75, 3.05) is 0 Å². The molecule has 17 heavy (non-hydrogen) atoms. The molecule has 1 aliphatic carbocycles. The first-order valence-electron chi connectivity index (χ1n) is 7.16. The van der Waals surface area contributed by atoms with Crippen molar-refractivity contribution in [2.24, 2.45) is 11.7 Å². The van der Waals surface area contributed by atoms with Crippen molar-refractivity contribution in [1.29, 1.82) is 0 Å². The molecule has 1 saturated carbocycles. The van der Waals surface area contributed by atoms with Gasteiger partial charge in [-0.3, -0.25) is 4.79 Å². The SMILES string of the molecule is CCC1CCCC(NC(=O)CCCC(C)N)C1. The Morgan fingerprint density at radius 1 is 1.47 bits per heavy atom. The fraction of sp³-hybridized carbons (Fsp3) is 0.929. The van der Waals surface area contributed by atoms with E-state index < -0.39 is 0 Å². The summed E-state index contributed by atoms with van der Waals surface area (Å²) in [5.41, 5.74) is 5.67. The lowest BCUT2D eigenvalue weighted by Crippen LogP contribution is -2.38. The summed E-state index contributed by atoms with van der Waals surface area (Å²) in [7, 11) is 0. The van der Waals surface area contributed by atoms with Crippen LogP contribution in [0.4, 0.5) is 0 Å². The van der Waals surface area contributed by atoms with E-state index >= 15 is 0 Å². The van der Waals surface area contributed by atoms with E-state index in [4.69, 9.17) is 5.73 Å². The average Bonchev–Trinajstić information content (AvgIpc) is 2.28. The van der Waals surface area contributed by atoms with Crippen LogP contribution in [0.3, 0.4) is 0 Å². The third-order valence-corrected chi connectivity index (χ3v) is 3.79. The van der Waals surface area contributed by atoms with E-state index in [9.17, 15) is 4.79 Å². The first-order chi connectivity index (χ1) is 8.11. The standard InChI is InChI=1S/C14H28N2O/c1-3-12-7-5-8-13(10-12)16-14(17)9-4-6-11(2)15/h11-13H,3-10,15H2,1-2H3,(H,16,17). The monoisotopic (exact) mass is 240 g/mol. The molecule has 1 fully saturated rings. The van der Waals surface area contributed by atoms with Gasteiger partial charge in [-0.05, 0) is 38.5 Å². The van der Waals surface area contributed by atoms with Gasteiger partial charge >= 0.3 is 0 Å². The van der Waals surface area contributed by atoms with Gasteiger partial charge in [0.25, 0.3) is 0 Å². The molecule has 3 unspecified atom stereocenters. The first-order valence-corrected chi connectivity index (χ1v) is 7.16. The lowest BCUT2D eigenvalue weighted by molar-refractivity contribution is -0.122. The van der Waals surface area contributed by atoms with Gasteiger partial charge in [-0.2, -0.15) is 0 Å². The highest BCUT2D eigenvalue weighted by atomic mass is 16.1. The summed E-state index contributed by atoms with van der Waals surface area (Å²) < 4.78 is 0. The van der Waals surface area contributed by atoms with Gasteiger partial charge in [-0.1, -0.05) is 26.2 Å². The zero-order valence-corrected chi connectivity index (χ0v) is 11.4. The zero-order valence-electron chi connectivity index (χ0n) is 11.4. The Balaban J connectivity index is 2.17. The molecule has 3 nitrogen and oxygen atoms in total. The molecule has 0 saturated heterocycles. The van der Waals surface area contributed by atoms with E-state index in [-0.39, 0.29) is 11.9 Å². The van der Waals surface area contributed by atoms with Crippen molar-refractivity contribution >= 4 is 5.91 Å². The van der Waals surface area contributed by atoms with E-state index in [1.54, 1.807) is 0 Å². The summed E-state index contributed by atoms with van der Waals surface area (Å²) >= 11 is 0. The number of carbonyl (C=O) groups excluding carboxylic acids is 1. The maximum absolute atomic E-state index is 11.7. The van der Waals surface area contributed by atoms with Crippen molar-refractivity contribution in [3.05, 3.63) is 0 Å². The molecule has 0 aromatic carbocycles. The quantitative estimate of drug-likeness (QED) is 0.750. The summed E-state index contributed by atoms with van der Waals surface area (Å²) in [6, 6.07) is 0.637. The Labute approximate surface area is 106 Å². The topological polar surface area (TPSA) is 55.1 Å². The van der Waals surface area contributed by atoms with Crippen LogP contribution >= 0.6 is 0 Å². The van der Waals surface area contributed by atoms with Crippen LogP contribution in [-0.4, -0.2) is 18.0 Å². The van der Waals surface area contributed by atoms with E-state index in [1.165, 1.54) is 25.7 Å². The molecule has 0 aliphatic heterocycles. The third kappa shape index (κ3) is 6.06. The Kier molecular flexibility index (Phi) is 6.56. The predicted molar refractivity (Wildman–Crippen MR) is 71.7 cm³/mol. The van der Waals surface area contributed by atoms with Crippen molar-refractivity contribution in [3.8, 4) is 0 Å². The molecular weight excluding hydrogens is 212 g/mol. The first kappa shape index (κ1) is 14.5. The molecular formula is C14H28N2O. The number of rotatable bonds is 6. The van der Waals surface area contributed by atoms with E-state index in [2.05, 4.69) is 12.2 Å². The zero-order chi connectivity index (χ0) is 12.7. The van der Waals surface area contributed by atoms with Gasteiger partial charge in [-0.15, -0.1) is 0 Å². The van der Waals surface area contributed by atoms with Gasteiger partial charge < -0.3 is 11.1 Å². The minimum absolute atomic E-state index is 0.210. The van der Waals surface area contributed by atoms with Crippen molar-refractivity contribution < 1.29 is 4.79 Å². The minimum atomic E-state index is 0.210. The van der Waals surface area contributed by atoms with E-state index in [1.807, 2.05) is 6.92 Å². The van der Waals surface area contributed by atoms with Crippen LogP contribution in [0.5, 0.6) is 0 Å². The van der Waals surface area contributed by atoms with Crippen LogP contribution < -0.4 is 11.1 Å². The summed E-state index contributed by atoms with van der Waals surface area (Å²) in [5, 5.41) is 3.18. The third-order valence-electron chi connectivity index (χ3n) is 3.79. The van der Waals surface area contributed by atoms with E-state index in [0.29, 0.717) is 12.5 Å². The lowest BCUT2D eigenvalue weighted by Gasteiger charge is -2.29. The Morgan fingerprint density at radius 2 is 2.24 bits per heavy atom. The normalized spacial score (nSPS) is 26.5. The van der Waals surface area contributed by atoms with Gasteiger partial charge in [0.05, 0.1) is 0 Å². The van der Waals surface area contributed by atoms with Crippen LogP contribution in [0, 0.1) is 5.92 Å². The smallest absolute Gasteiger partial charge is 0.220 e. The summed E-state index contributed by atoms with van der Waals surface area (Å²) in [6.07, 6.45) is 8.68. The molecule has 0 bridgehead atoms. The van der Waals surface area contributed by atoms with Crippen molar-refractivity contribution in [2.45, 2.75) is 77.3 Å². The summed E-state index contributed by atoms with van der Waals surface area (Å²) in [5.74, 6) is 1.03. The molecule has 1 aliphatic rings. The highest BCUT2D eigenvalue weighted by molar-refractivity contribution is 5.76. The van der Waals surface area contributed by atoms with Crippen LogP contribution in [0.25, 0.3) is 0 Å². The number of carbonyl (C=O) groups is 1. The predicted octanol–water partition coefficient (Wildman–Crippen LogP) is 2.59. The molecule has 0 aromatic heterocycles. The van der Waals surface area contributed by atoms with Crippen molar-refractivity contribution in [1.82, 2.24) is 5.32 Å². The molecule has 100 valence electrons. The Morgan fingerprint density at radius 3 is 2.88 bits per heavy atom. The molecule has 0 radical (unpaired) electrons. The Bertz CT molecular complexity index is 228. The van der Waals surface area contributed by atoms with Crippen LogP contribution in [0.1, 0.15) is 65.2 Å². The van der Waals surface area contributed by atoms with Crippen molar-refractivity contribution in [3.63, 3.8) is 0 Å². The number of hydrogen-bond acceptors (Lipinski definition) is 2. The number of nitrogens with two attached hydrogens (primary N) is 1. The average molecular weight is 240 g/mol. The molecule has 3 heteroatoms. The number of amides is 1. The van der Waals surface area contributed by atoms with Crippen LogP contribution in [-0.2, 0) is 4.79 Å². The fourth-order valence-corrected chi connectivity index (χ4v) is 2.68. The summed E-state index contributed by atoms with van der Waals surface area (Å²) in [6.45, 7) is 4.24. The minimum Gasteiger partial charge on any atom is -0.353 e. The van der Waals surface area contributed by atoms with Gasteiger partial charge in [-0.25, -0.2) is 0 Å². The second kappa shape index (κ2) is 7.70. The Hall–Kier alpha value is -0.570. The molecule has 1 rings (SSSR count). The second-order valence-corrected chi connectivity index (χ2v) is 5.57. The molecule has 0 heterocycles.